The molecule has 8 nitrogen and oxygen atoms in total. The molecule has 2 aliphatic heterocycles. The Bertz CT molecular complexity index is 1390. The van der Waals surface area contributed by atoms with Gasteiger partial charge in [0.15, 0.2) is 17.4 Å². The lowest BCUT2D eigenvalue weighted by atomic mass is 9.58. The van der Waals surface area contributed by atoms with Gasteiger partial charge in [-0.25, -0.2) is 4.79 Å². The first-order valence-corrected chi connectivity index (χ1v) is 14.8. The molecule has 1 saturated carbocycles. The molecule has 1 aromatic carbocycles. The summed E-state index contributed by atoms with van der Waals surface area (Å²) in [5.74, 6) is -1.20. The van der Waals surface area contributed by atoms with Gasteiger partial charge in [0, 0.05) is 24.4 Å². The molecule has 41 heavy (non-hydrogen) atoms. The molecule has 7 atom stereocenters. The molecule has 1 amide bonds. The number of hydrogen-bond donors (Lipinski definition) is 1. The second-order valence-electron chi connectivity index (χ2n) is 13.9. The van der Waals surface area contributed by atoms with E-state index in [9.17, 15) is 14.4 Å². The van der Waals surface area contributed by atoms with E-state index in [2.05, 4.69) is 27.7 Å². The summed E-state index contributed by atoms with van der Waals surface area (Å²) in [7, 11) is 0. The fourth-order valence-electron chi connectivity index (χ4n) is 8.25. The van der Waals surface area contributed by atoms with Crippen LogP contribution in [0.25, 0.3) is 0 Å². The van der Waals surface area contributed by atoms with Crippen molar-refractivity contribution in [1.29, 1.82) is 0 Å². The predicted octanol–water partition coefficient (Wildman–Crippen LogP) is 5.21. The van der Waals surface area contributed by atoms with Crippen molar-refractivity contribution >= 4 is 23.3 Å². The number of anilines is 1. The van der Waals surface area contributed by atoms with Crippen LogP contribution in [0.1, 0.15) is 71.7 Å². The summed E-state index contributed by atoms with van der Waals surface area (Å²) in [5.41, 5.74) is 7.37. The van der Waals surface area contributed by atoms with Gasteiger partial charge in [0.25, 0.3) is 0 Å². The van der Waals surface area contributed by atoms with Gasteiger partial charge in [-0.05, 0) is 67.7 Å². The van der Waals surface area contributed by atoms with Crippen molar-refractivity contribution in [1.82, 2.24) is 0 Å². The van der Waals surface area contributed by atoms with Crippen LogP contribution in [0.15, 0.2) is 47.6 Å². The van der Waals surface area contributed by atoms with E-state index in [0.717, 1.165) is 17.6 Å². The number of allylic oxidation sites excluding steroid dienone is 1. The highest BCUT2D eigenvalue weighted by molar-refractivity contribution is 6.07. The molecule has 3 aliphatic carbocycles. The van der Waals surface area contributed by atoms with E-state index in [1.54, 1.807) is 24.3 Å². The van der Waals surface area contributed by atoms with Crippen LogP contribution in [0.2, 0.25) is 0 Å². The van der Waals surface area contributed by atoms with E-state index in [0.29, 0.717) is 11.3 Å². The molecule has 1 saturated heterocycles. The second-order valence-corrected chi connectivity index (χ2v) is 13.9. The van der Waals surface area contributed by atoms with Crippen molar-refractivity contribution in [2.75, 3.05) is 18.1 Å². The number of Topliss-reactive ketones (excluding diaryl/α,β-unsaturated/α-hetero) is 2. The molecular formula is C33H42N2O6. The highest BCUT2D eigenvalue weighted by atomic mass is 16.7. The third-order valence-electron chi connectivity index (χ3n) is 10.9. The standard InChI is InChI=1S/C33H42N2O6/c1-18-16-32-20(3)14-19(2)30(4,5)23(26(32)37)15-21-17-39-31(6,7)41-28(21)33(32,34)27(18)40-29(38)35-13-12-25(36)22-10-8-9-11-24(22)35/h8-11,15-16,19-20,23,27-28H,12-14,17,34H2,1-7H3/t19?,20-,23?,27?,28?,32?,33?/m1/s1. The highest BCUT2D eigenvalue weighted by Crippen LogP contribution is 2.63. The normalized spacial score (nSPS) is 38.9. The van der Waals surface area contributed by atoms with Gasteiger partial charge in [0.1, 0.15) is 17.7 Å². The van der Waals surface area contributed by atoms with Crippen molar-refractivity contribution in [3.05, 3.63) is 53.1 Å². The van der Waals surface area contributed by atoms with Crippen LogP contribution >= 0.6 is 0 Å². The molecule has 220 valence electrons. The van der Waals surface area contributed by atoms with Crippen LogP contribution in [-0.4, -0.2) is 54.3 Å². The fourth-order valence-corrected chi connectivity index (χ4v) is 8.25. The lowest BCUT2D eigenvalue weighted by Gasteiger charge is -2.53. The van der Waals surface area contributed by atoms with E-state index >= 15 is 0 Å². The number of rotatable bonds is 1. The van der Waals surface area contributed by atoms with Crippen molar-refractivity contribution in [2.24, 2.45) is 34.3 Å². The molecule has 2 N–H and O–H groups in total. The van der Waals surface area contributed by atoms with Gasteiger partial charge in [0.05, 0.1) is 17.7 Å². The number of ketones is 2. The lowest BCUT2D eigenvalue weighted by Crippen LogP contribution is -2.73. The molecule has 5 aliphatic rings. The van der Waals surface area contributed by atoms with Gasteiger partial charge >= 0.3 is 6.09 Å². The molecule has 2 heterocycles. The van der Waals surface area contributed by atoms with E-state index < -0.39 is 41.0 Å². The Morgan fingerprint density at radius 2 is 1.80 bits per heavy atom. The van der Waals surface area contributed by atoms with Crippen LogP contribution in [-0.2, 0) is 19.0 Å². The topological polar surface area (TPSA) is 108 Å². The number of benzene rings is 1. The number of ether oxygens (including phenoxy) is 3. The number of carbonyl (C=O) groups is 3. The second kappa shape index (κ2) is 9.09. The average molecular weight is 563 g/mol. The zero-order valence-corrected chi connectivity index (χ0v) is 25.2. The molecule has 1 aromatic rings. The number of hydrogen-bond acceptors (Lipinski definition) is 7. The Labute approximate surface area is 242 Å². The Hall–Kier alpha value is -2.81. The summed E-state index contributed by atoms with van der Waals surface area (Å²) in [4.78, 5) is 43.0. The van der Waals surface area contributed by atoms with Crippen molar-refractivity contribution in [2.45, 2.75) is 84.8 Å². The largest absolute Gasteiger partial charge is 0.439 e. The summed E-state index contributed by atoms with van der Waals surface area (Å²) in [6.45, 7) is 14.7. The van der Waals surface area contributed by atoms with Gasteiger partial charge < -0.3 is 19.9 Å². The summed E-state index contributed by atoms with van der Waals surface area (Å²) in [6, 6.07) is 7.07. The summed E-state index contributed by atoms with van der Waals surface area (Å²) >= 11 is 0. The fraction of sp³-hybridized carbons (Fsp3) is 0.606. The first-order valence-electron chi connectivity index (χ1n) is 14.8. The molecule has 8 heteroatoms. The first kappa shape index (κ1) is 28.3. The monoisotopic (exact) mass is 562 g/mol. The molecule has 2 bridgehead atoms. The van der Waals surface area contributed by atoms with Crippen molar-refractivity contribution in [3.63, 3.8) is 0 Å². The summed E-state index contributed by atoms with van der Waals surface area (Å²) < 4.78 is 19.1. The zero-order chi connectivity index (χ0) is 29.7. The zero-order valence-electron chi connectivity index (χ0n) is 25.2. The van der Waals surface area contributed by atoms with Crippen LogP contribution < -0.4 is 10.6 Å². The van der Waals surface area contributed by atoms with Gasteiger partial charge in [-0.1, -0.05) is 52.0 Å². The Morgan fingerprint density at radius 1 is 1.10 bits per heavy atom. The highest BCUT2D eigenvalue weighted by Gasteiger charge is 2.73. The van der Waals surface area contributed by atoms with Crippen LogP contribution in [0.4, 0.5) is 10.5 Å². The minimum atomic E-state index is -1.41. The van der Waals surface area contributed by atoms with Gasteiger partial charge in [-0.2, -0.15) is 0 Å². The van der Waals surface area contributed by atoms with Gasteiger partial charge in [-0.3, -0.25) is 14.5 Å². The van der Waals surface area contributed by atoms with Crippen LogP contribution in [0.3, 0.4) is 0 Å². The molecule has 6 unspecified atom stereocenters. The maximum absolute atomic E-state index is 15.0. The number of amides is 1. The lowest BCUT2D eigenvalue weighted by molar-refractivity contribution is -0.273. The number of nitrogens with zero attached hydrogens (tertiary/aromatic N) is 1. The Morgan fingerprint density at radius 3 is 2.54 bits per heavy atom. The van der Waals surface area contributed by atoms with Crippen molar-refractivity contribution < 1.29 is 28.6 Å². The van der Waals surface area contributed by atoms with Crippen molar-refractivity contribution in [3.8, 4) is 0 Å². The maximum Gasteiger partial charge on any atom is 0.414 e. The molecule has 0 radical (unpaired) electrons. The summed E-state index contributed by atoms with van der Waals surface area (Å²) in [5, 5.41) is 0. The number of para-hydroxylation sites is 1. The Kier molecular flexibility index (Phi) is 6.28. The molecule has 2 fully saturated rings. The smallest absolute Gasteiger partial charge is 0.414 e. The Balaban J connectivity index is 1.49. The van der Waals surface area contributed by atoms with Crippen LogP contribution in [0, 0.1) is 28.6 Å². The maximum atomic E-state index is 15.0. The average Bonchev–Trinajstić information content (AvgIpc) is 3.07. The van der Waals surface area contributed by atoms with E-state index in [4.69, 9.17) is 19.9 Å². The summed E-state index contributed by atoms with van der Waals surface area (Å²) in [6.07, 6.45) is 2.80. The minimum absolute atomic E-state index is 0.00659. The number of nitrogens with two attached hydrogens (primary N) is 1. The molecule has 6 rings (SSSR count). The minimum Gasteiger partial charge on any atom is -0.439 e. The molecule has 0 aromatic heterocycles. The van der Waals surface area contributed by atoms with E-state index in [1.165, 1.54) is 4.90 Å². The van der Waals surface area contributed by atoms with E-state index in [1.807, 2.05) is 32.9 Å². The first-order chi connectivity index (χ1) is 19.1. The quantitative estimate of drug-likeness (QED) is 0.468. The van der Waals surface area contributed by atoms with Gasteiger partial charge in [-0.15, -0.1) is 0 Å². The van der Waals surface area contributed by atoms with Crippen LogP contribution in [0.5, 0.6) is 0 Å². The SMILES string of the molecule is CC1=CC23C(=O)C(C=C4COC(C)(C)OC4C2(N)C1OC(=O)N1CCC(=O)c2ccccc21)C(C)(C)C(C)C[C@H]3C. The van der Waals surface area contributed by atoms with E-state index in [-0.39, 0.29) is 48.4 Å². The third-order valence-corrected chi connectivity index (χ3v) is 10.9. The number of carbonyl (C=O) groups excluding carboxylic acids is 3. The molecular weight excluding hydrogens is 520 g/mol. The van der Waals surface area contributed by atoms with Gasteiger partial charge in [0.2, 0.25) is 0 Å². The third kappa shape index (κ3) is 3.79. The number of fused-ring (bicyclic) bond motifs is 4. The predicted molar refractivity (Wildman–Crippen MR) is 154 cm³/mol. The molecule has 1 spiro atoms.